The van der Waals surface area contributed by atoms with Crippen LogP contribution < -0.4 is 19.9 Å². The number of benzene rings is 4. The molecule has 0 fully saturated rings. The minimum atomic E-state index is -0.655. The Bertz CT molecular complexity index is 1950. The van der Waals surface area contributed by atoms with Crippen molar-refractivity contribution in [3.05, 3.63) is 134 Å². The van der Waals surface area contributed by atoms with Crippen LogP contribution in [0.1, 0.15) is 49.9 Å². The summed E-state index contributed by atoms with van der Waals surface area (Å²) < 4.78 is 23.3. The zero-order chi connectivity index (χ0) is 30.2. The van der Waals surface area contributed by atoms with Gasteiger partial charge in [0.2, 0.25) is 11.6 Å². The topological polar surface area (TPSA) is 108 Å². The number of halogens is 1. The number of ether oxygens (including phenoxy) is 3. The quantitative estimate of drug-likeness (QED) is 0.157. The zero-order valence-electron chi connectivity index (χ0n) is 23.7. The molecule has 0 spiro atoms. The van der Waals surface area contributed by atoms with Crippen molar-refractivity contribution in [2.75, 3.05) is 0 Å². The molecule has 7 nitrogen and oxygen atoms in total. The predicted molar refractivity (Wildman–Crippen MR) is 163 cm³/mol. The van der Waals surface area contributed by atoms with Crippen LogP contribution in [0.4, 0.5) is 0 Å². The van der Waals surface area contributed by atoms with Crippen molar-refractivity contribution in [3.63, 3.8) is 0 Å². The maximum atomic E-state index is 13.1. The first kappa shape index (κ1) is 28.0. The summed E-state index contributed by atoms with van der Waals surface area (Å²) in [5, 5.41) is 11.3. The van der Waals surface area contributed by atoms with Gasteiger partial charge in [0, 0.05) is 27.6 Å². The van der Waals surface area contributed by atoms with Crippen LogP contribution in [-0.4, -0.2) is 5.97 Å². The van der Waals surface area contributed by atoms with Gasteiger partial charge in [-0.3, -0.25) is 0 Å². The molecule has 6 rings (SSSR count). The summed E-state index contributed by atoms with van der Waals surface area (Å²) >= 11 is 6.27. The number of nitriles is 1. The third-order valence-electron chi connectivity index (χ3n) is 7.54. The van der Waals surface area contributed by atoms with E-state index in [1.165, 1.54) is 5.56 Å². The van der Waals surface area contributed by atoms with E-state index in [0.29, 0.717) is 39.8 Å². The molecular formula is C35H27ClN2O5. The number of hydrogen-bond acceptors (Lipinski definition) is 7. The number of furan rings is 1. The highest BCUT2D eigenvalue weighted by Gasteiger charge is 2.31. The summed E-state index contributed by atoms with van der Waals surface area (Å²) in [5.41, 5.74) is 12.3. The van der Waals surface area contributed by atoms with Crippen LogP contribution in [-0.2, 0) is 6.61 Å². The Hall–Kier alpha value is -5.19. The van der Waals surface area contributed by atoms with Crippen molar-refractivity contribution in [2.45, 2.75) is 33.3 Å². The first-order valence-electron chi connectivity index (χ1n) is 13.6. The van der Waals surface area contributed by atoms with E-state index in [2.05, 4.69) is 6.07 Å². The number of nitrogens with zero attached hydrogens (tertiary/aromatic N) is 1. The monoisotopic (exact) mass is 590 g/mol. The maximum Gasteiger partial charge on any atom is 0.379 e. The highest BCUT2D eigenvalue weighted by Crippen LogP contribution is 2.44. The van der Waals surface area contributed by atoms with Crippen LogP contribution in [0.2, 0.25) is 5.02 Å². The Labute approximate surface area is 253 Å². The molecule has 0 bridgehead atoms. The molecule has 0 amide bonds. The minimum absolute atomic E-state index is 0.0106. The summed E-state index contributed by atoms with van der Waals surface area (Å²) in [6.07, 6.45) is 0. The lowest BCUT2D eigenvalue weighted by molar-refractivity contribution is 0.0702. The minimum Gasteiger partial charge on any atom is -0.489 e. The average Bonchev–Trinajstić information content (AvgIpc) is 3.31. The molecule has 8 heteroatoms. The van der Waals surface area contributed by atoms with Gasteiger partial charge in [-0.1, -0.05) is 59.6 Å². The molecule has 0 radical (unpaired) electrons. The van der Waals surface area contributed by atoms with Gasteiger partial charge in [-0.25, -0.2) is 4.79 Å². The number of carbonyl (C=O) groups excluding carboxylic acids is 1. The van der Waals surface area contributed by atoms with Crippen molar-refractivity contribution in [3.8, 4) is 23.3 Å². The van der Waals surface area contributed by atoms with Gasteiger partial charge in [-0.15, -0.1) is 0 Å². The Balaban J connectivity index is 1.24. The van der Waals surface area contributed by atoms with E-state index in [4.69, 9.17) is 36.0 Å². The predicted octanol–water partition coefficient (Wildman–Crippen LogP) is 8.03. The summed E-state index contributed by atoms with van der Waals surface area (Å²) in [6.45, 7) is 6.13. The van der Waals surface area contributed by atoms with Crippen LogP contribution in [0.15, 0.2) is 94.7 Å². The molecule has 1 aromatic heterocycles. The lowest BCUT2D eigenvalue weighted by Gasteiger charge is -2.26. The van der Waals surface area contributed by atoms with Crippen molar-refractivity contribution in [2.24, 2.45) is 5.73 Å². The van der Waals surface area contributed by atoms with E-state index in [-0.39, 0.29) is 23.0 Å². The van der Waals surface area contributed by atoms with E-state index in [1.807, 2.05) is 62.4 Å². The van der Waals surface area contributed by atoms with E-state index in [0.717, 1.165) is 22.1 Å². The van der Waals surface area contributed by atoms with Gasteiger partial charge in [-0.2, -0.15) is 5.26 Å². The molecule has 0 aliphatic carbocycles. The molecule has 1 aliphatic rings. The van der Waals surface area contributed by atoms with Crippen molar-refractivity contribution in [1.29, 1.82) is 5.26 Å². The molecule has 2 heterocycles. The average molecular weight is 591 g/mol. The third kappa shape index (κ3) is 5.41. The molecule has 43 heavy (non-hydrogen) atoms. The summed E-state index contributed by atoms with van der Waals surface area (Å²) in [6, 6.07) is 26.5. The largest absolute Gasteiger partial charge is 0.489 e. The first-order valence-corrected chi connectivity index (χ1v) is 14.0. The lowest BCUT2D eigenvalue weighted by atomic mass is 9.83. The molecule has 214 valence electrons. The number of rotatable bonds is 6. The van der Waals surface area contributed by atoms with Gasteiger partial charge in [0.15, 0.2) is 0 Å². The second-order valence-electron chi connectivity index (χ2n) is 10.5. The molecule has 1 atom stereocenters. The molecule has 5 aromatic rings. The fourth-order valence-corrected chi connectivity index (χ4v) is 5.30. The van der Waals surface area contributed by atoms with E-state index < -0.39 is 11.9 Å². The molecule has 1 aliphatic heterocycles. The van der Waals surface area contributed by atoms with Crippen molar-refractivity contribution >= 4 is 28.5 Å². The van der Waals surface area contributed by atoms with Crippen LogP contribution in [0.5, 0.6) is 17.2 Å². The number of fused-ring (bicyclic) bond motifs is 2. The Morgan fingerprint density at radius 3 is 2.42 bits per heavy atom. The fraction of sp³-hybridized carbons (Fsp3) is 0.143. The van der Waals surface area contributed by atoms with Gasteiger partial charge in [0.1, 0.15) is 41.1 Å². The smallest absolute Gasteiger partial charge is 0.379 e. The molecule has 4 aromatic carbocycles. The van der Waals surface area contributed by atoms with Crippen molar-refractivity contribution < 1.29 is 23.4 Å². The van der Waals surface area contributed by atoms with Crippen LogP contribution in [0.3, 0.4) is 0 Å². The van der Waals surface area contributed by atoms with Gasteiger partial charge in [0.05, 0.1) is 5.92 Å². The third-order valence-corrected chi connectivity index (χ3v) is 7.95. The lowest BCUT2D eigenvalue weighted by Crippen LogP contribution is -2.21. The number of aryl methyl sites for hydroxylation is 3. The van der Waals surface area contributed by atoms with Gasteiger partial charge >= 0.3 is 5.97 Å². The number of hydrogen-bond donors (Lipinski definition) is 1. The Morgan fingerprint density at radius 2 is 1.70 bits per heavy atom. The van der Waals surface area contributed by atoms with Gasteiger partial charge in [0.25, 0.3) is 0 Å². The van der Waals surface area contributed by atoms with Crippen molar-refractivity contribution in [1.82, 2.24) is 0 Å². The first-order chi connectivity index (χ1) is 20.7. The number of allylic oxidation sites excluding steroid dienone is 1. The second kappa shape index (κ2) is 11.2. The fourth-order valence-electron chi connectivity index (χ4n) is 5.14. The van der Waals surface area contributed by atoms with E-state index in [1.54, 1.807) is 37.3 Å². The summed E-state index contributed by atoms with van der Waals surface area (Å²) in [4.78, 5) is 13.1. The molecule has 0 saturated carbocycles. The van der Waals surface area contributed by atoms with Crippen LogP contribution >= 0.6 is 11.6 Å². The molecule has 2 N–H and O–H groups in total. The van der Waals surface area contributed by atoms with Crippen LogP contribution in [0.25, 0.3) is 11.0 Å². The molecular weight excluding hydrogens is 564 g/mol. The van der Waals surface area contributed by atoms with Gasteiger partial charge in [-0.05, 0) is 67.8 Å². The van der Waals surface area contributed by atoms with E-state index >= 15 is 0 Å². The molecule has 1 unspecified atom stereocenters. The summed E-state index contributed by atoms with van der Waals surface area (Å²) in [5.74, 6) is 0.271. The second-order valence-corrected chi connectivity index (χ2v) is 10.9. The Kier molecular flexibility index (Phi) is 7.31. The highest BCUT2D eigenvalue weighted by molar-refractivity contribution is 6.32. The number of nitrogens with two attached hydrogens (primary N) is 1. The standard InChI is InChI=1S/C35H27ClN2O5/c1-19-4-6-22(7-5-19)18-40-24-10-8-23(9-11-24)32-26-13-12-25(15-31(26)43-34(38)28(32)17-37)41-35(39)33-21(3)27-16-29(36)20(2)14-30(27)42-33/h4-16,32H,18,38H2,1-3H3. The van der Waals surface area contributed by atoms with Gasteiger partial charge < -0.3 is 24.4 Å². The van der Waals surface area contributed by atoms with Crippen LogP contribution in [0, 0.1) is 32.1 Å². The van der Waals surface area contributed by atoms with E-state index in [9.17, 15) is 10.1 Å². The SMILES string of the molecule is Cc1ccc(COc2ccc(C3C(C#N)=C(N)Oc4cc(OC(=O)c5oc6cc(C)c(Cl)cc6c5C)ccc43)cc2)cc1. The summed E-state index contributed by atoms with van der Waals surface area (Å²) in [7, 11) is 0. The zero-order valence-corrected chi connectivity index (χ0v) is 24.5. The number of carbonyl (C=O) groups is 1. The normalized spacial score (nSPS) is 14.2. The number of esters is 1. The molecule has 0 saturated heterocycles. The maximum absolute atomic E-state index is 13.1. The Morgan fingerprint density at radius 1 is 0.977 bits per heavy atom. The highest BCUT2D eigenvalue weighted by atomic mass is 35.5.